The van der Waals surface area contributed by atoms with Crippen LogP contribution in [0.25, 0.3) is 0 Å². The summed E-state index contributed by atoms with van der Waals surface area (Å²) >= 11 is 5.89. The van der Waals surface area contributed by atoms with Crippen molar-refractivity contribution in [2.45, 2.75) is 0 Å². The van der Waals surface area contributed by atoms with Gasteiger partial charge in [0.2, 0.25) is 11.7 Å². The van der Waals surface area contributed by atoms with E-state index < -0.39 is 0 Å². The SMILES string of the molecule is COc1nccnc1C(=O)c1ccncc1Cl. The molecular formula is C11H8ClN3O2. The van der Waals surface area contributed by atoms with Gasteiger partial charge in [-0.05, 0) is 6.07 Å². The van der Waals surface area contributed by atoms with Crippen molar-refractivity contribution in [2.24, 2.45) is 0 Å². The first-order valence-corrected chi connectivity index (χ1v) is 5.11. The van der Waals surface area contributed by atoms with E-state index in [0.29, 0.717) is 5.56 Å². The van der Waals surface area contributed by atoms with E-state index >= 15 is 0 Å². The molecule has 0 unspecified atom stereocenters. The molecule has 0 fully saturated rings. The molecule has 0 bridgehead atoms. The Labute approximate surface area is 102 Å². The second-order valence-corrected chi connectivity index (χ2v) is 3.51. The van der Waals surface area contributed by atoms with Crippen LogP contribution in [0.2, 0.25) is 5.02 Å². The van der Waals surface area contributed by atoms with Gasteiger partial charge in [0.05, 0.1) is 12.1 Å². The molecule has 17 heavy (non-hydrogen) atoms. The van der Waals surface area contributed by atoms with Gasteiger partial charge in [0.15, 0.2) is 5.69 Å². The number of methoxy groups -OCH3 is 1. The van der Waals surface area contributed by atoms with Crippen molar-refractivity contribution in [3.05, 3.63) is 47.1 Å². The largest absolute Gasteiger partial charge is 0.479 e. The van der Waals surface area contributed by atoms with Gasteiger partial charge in [-0.15, -0.1) is 0 Å². The van der Waals surface area contributed by atoms with E-state index in [4.69, 9.17) is 16.3 Å². The first kappa shape index (κ1) is 11.5. The number of halogens is 1. The number of carbonyl (C=O) groups is 1. The highest BCUT2D eigenvalue weighted by Crippen LogP contribution is 2.20. The molecular weight excluding hydrogens is 242 g/mol. The lowest BCUT2D eigenvalue weighted by Gasteiger charge is -2.05. The van der Waals surface area contributed by atoms with Crippen molar-refractivity contribution in [3.63, 3.8) is 0 Å². The topological polar surface area (TPSA) is 65.0 Å². The fourth-order valence-corrected chi connectivity index (χ4v) is 1.52. The van der Waals surface area contributed by atoms with E-state index in [1.165, 1.54) is 38.0 Å². The number of hydrogen-bond acceptors (Lipinski definition) is 5. The van der Waals surface area contributed by atoms with E-state index in [-0.39, 0.29) is 22.4 Å². The van der Waals surface area contributed by atoms with E-state index in [9.17, 15) is 4.79 Å². The maximum Gasteiger partial charge on any atom is 0.243 e. The molecule has 6 heteroatoms. The fraction of sp³-hybridized carbons (Fsp3) is 0.0909. The van der Waals surface area contributed by atoms with Gasteiger partial charge in [-0.25, -0.2) is 9.97 Å². The zero-order valence-electron chi connectivity index (χ0n) is 8.92. The number of ketones is 1. The Kier molecular flexibility index (Phi) is 3.30. The fourth-order valence-electron chi connectivity index (χ4n) is 1.32. The number of aromatic nitrogens is 3. The van der Waals surface area contributed by atoms with Crippen LogP contribution in [-0.2, 0) is 0 Å². The van der Waals surface area contributed by atoms with Crippen LogP contribution in [0.4, 0.5) is 0 Å². The summed E-state index contributed by atoms with van der Waals surface area (Å²) in [5, 5.41) is 0.269. The van der Waals surface area contributed by atoms with Gasteiger partial charge in [0.25, 0.3) is 0 Å². The number of ether oxygens (including phenoxy) is 1. The summed E-state index contributed by atoms with van der Waals surface area (Å²) in [4.78, 5) is 23.8. The molecule has 2 heterocycles. The third kappa shape index (κ3) is 2.24. The average molecular weight is 250 g/mol. The van der Waals surface area contributed by atoms with Crippen molar-refractivity contribution >= 4 is 17.4 Å². The lowest BCUT2D eigenvalue weighted by atomic mass is 10.1. The molecule has 2 rings (SSSR count). The van der Waals surface area contributed by atoms with Crippen LogP contribution in [0.3, 0.4) is 0 Å². The highest BCUT2D eigenvalue weighted by Gasteiger charge is 2.19. The first-order valence-electron chi connectivity index (χ1n) is 4.73. The monoisotopic (exact) mass is 249 g/mol. The van der Waals surface area contributed by atoms with Gasteiger partial charge in [-0.3, -0.25) is 9.78 Å². The normalized spacial score (nSPS) is 10.0. The van der Waals surface area contributed by atoms with Crippen molar-refractivity contribution in [3.8, 4) is 5.88 Å². The predicted molar refractivity (Wildman–Crippen MR) is 61.3 cm³/mol. The zero-order chi connectivity index (χ0) is 12.3. The number of hydrogen-bond donors (Lipinski definition) is 0. The molecule has 86 valence electrons. The molecule has 0 aliphatic heterocycles. The molecule has 0 atom stereocenters. The van der Waals surface area contributed by atoms with Gasteiger partial charge in [0.1, 0.15) is 0 Å². The molecule has 0 aliphatic rings. The minimum absolute atomic E-state index is 0.128. The van der Waals surface area contributed by atoms with E-state index in [2.05, 4.69) is 15.0 Å². The molecule has 5 nitrogen and oxygen atoms in total. The lowest BCUT2D eigenvalue weighted by Crippen LogP contribution is -2.08. The summed E-state index contributed by atoms with van der Waals surface area (Å²) in [5.41, 5.74) is 0.448. The van der Waals surface area contributed by atoms with Crippen LogP contribution in [-0.4, -0.2) is 27.8 Å². The molecule has 0 saturated heterocycles. The van der Waals surface area contributed by atoms with Gasteiger partial charge in [-0.1, -0.05) is 11.6 Å². The summed E-state index contributed by atoms with van der Waals surface area (Å²) < 4.78 is 4.97. The van der Waals surface area contributed by atoms with E-state index in [1.54, 1.807) is 0 Å². The molecule has 0 N–H and O–H groups in total. The molecule has 0 saturated carbocycles. The van der Waals surface area contributed by atoms with E-state index in [1.807, 2.05) is 0 Å². The van der Waals surface area contributed by atoms with Crippen LogP contribution < -0.4 is 4.74 Å². The third-order valence-corrected chi connectivity index (χ3v) is 2.39. The average Bonchev–Trinajstić information content (AvgIpc) is 2.38. The maximum absolute atomic E-state index is 12.2. The molecule has 2 aromatic heterocycles. The second kappa shape index (κ2) is 4.88. The standard InChI is InChI=1S/C11H8ClN3O2/c1-17-11-9(14-4-5-15-11)10(16)7-2-3-13-6-8(7)12/h2-6H,1H3. The summed E-state index contributed by atoms with van der Waals surface area (Å²) in [6.07, 6.45) is 5.76. The molecule has 0 aromatic carbocycles. The number of pyridine rings is 1. The van der Waals surface area contributed by atoms with Crippen LogP contribution in [0.15, 0.2) is 30.9 Å². The molecule has 0 spiro atoms. The van der Waals surface area contributed by atoms with Crippen LogP contribution in [0, 0.1) is 0 Å². The second-order valence-electron chi connectivity index (χ2n) is 3.10. The molecule has 0 aliphatic carbocycles. The predicted octanol–water partition coefficient (Wildman–Crippen LogP) is 1.76. The quantitative estimate of drug-likeness (QED) is 0.776. The van der Waals surface area contributed by atoms with Crippen LogP contribution >= 0.6 is 11.6 Å². The van der Waals surface area contributed by atoms with Gasteiger partial charge >= 0.3 is 0 Å². The van der Waals surface area contributed by atoms with Crippen LogP contribution in [0.5, 0.6) is 5.88 Å². The minimum atomic E-state index is -0.345. The van der Waals surface area contributed by atoms with Gasteiger partial charge in [-0.2, -0.15) is 0 Å². The Bertz CT molecular complexity index is 560. The maximum atomic E-state index is 12.2. The smallest absolute Gasteiger partial charge is 0.243 e. The summed E-state index contributed by atoms with van der Waals surface area (Å²) in [6, 6.07) is 1.53. The van der Waals surface area contributed by atoms with Crippen molar-refractivity contribution in [1.82, 2.24) is 15.0 Å². The summed E-state index contributed by atoms with van der Waals surface area (Å²) in [6.45, 7) is 0. The molecule has 0 amide bonds. The number of carbonyl (C=O) groups excluding carboxylic acids is 1. The van der Waals surface area contributed by atoms with Crippen molar-refractivity contribution in [1.29, 1.82) is 0 Å². The van der Waals surface area contributed by atoms with Gasteiger partial charge < -0.3 is 4.74 Å². The Morgan fingerprint density at radius 3 is 2.76 bits per heavy atom. The Morgan fingerprint density at radius 1 is 1.29 bits per heavy atom. The van der Waals surface area contributed by atoms with Crippen LogP contribution in [0.1, 0.15) is 16.1 Å². The van der Waals surface area contributed by atoms with Gasteiger partial charge in [0, 0.05) is 30.4 Å². The summed E-state index contributed by atoms with van der Waals surface area (Å²) in [5.74, 6) is -0.173. The first-order chi connectivity index (χ1) is 8.24. The lowest BCUT2D eigenvalue weighted by molar-refractivity contribution is 0.103. The number of nitrogens with zero attached hydrogens (tertiary/aromatic N) is 3. The summed E-state index contributed by atoms with van der Waals surface area (Å²) in [7, 11) is 1.43. The highest BCUT2D eigenvalue weighted by molar-refractivity contribution is 6.34. The van der Waals surface area contributed by atoms with Crippen molar-refractivity contribution < 1.29 is 9.53 Å². The van der Waals surface area contributed by atoms with E-state index in [0.717, 1.165) is 0 Å². The number of rotatable bonds is 3. The zero-order valence-corrected chi connectivity index (χ0v) is 9.68. The Balaban J connectivity index is 2.48. The minimum Gasteiger partial charge on any atom is -0.479 e. The van der Waals surface area contributed by atoms with Crippen molar-refractivity contribution in [2.75, 3.05) is 7.11 Å². The molecule has 2 aromatic rings. The Hall–Kier alpha value is -2.01. The highest BCUT2D eigenvalue weighted by atomic mass is 35.5. The molecule has 0 radical (unpaired) electrons. The Morgan fingerprint density at radius 2 is 2.06 bits per heavy atom. The third-order valence-electron chi connectivity index (χ3n) is 2.09.